The van der Waals surface area contributed by atoms with Gasteiger partial charge in [-0.05, 0) is 49.9 Å². The number of rotatable bonds is 5. The van der Waals surface area contributed by atoms with Crippen LogP contribution in [0, 0.1) is 11.7 Å². The molecule has 7 nitrogen and oxygen atoms in total. The second-order valence-electron chi connectivity index (χ2n) is 6.87. The zero-order chi connectivity index (χ0) is 19.0. The molecule has 10 heteroatoms. The Labute approximate surface area is 160 Å². The van der Waals surface area contributed by atoms with Crippen molar-refractivity contribution in [2.24, 2.45) is 5.92 Å². The zero-order valence-electron chi connectivity index (χ0n) is 14.5. The highest BCUT2D eigenvalue weighted by molar-refractivity contribution is 7.89. The molecule has 1 aliphatic heterocycles. The molecule has 4 rings (SSSR count). The molecule has 144 valence electrons. The minimum Gasteiger partial charge on any atom is -0.300 e. The second-order valence-corrected chi connectivity index (χ2v) is 9.81. The van der Waals surface area contributed by atoms with Crippen LogP contribution >= 0.6 is 11.3 Å². The van der Waals surface area contributed by atoms with E-state index in [1.54, 1.807) is 0 Å². The SMILES string of the molecule is O=C(Nc1nnc(C2CC2)s1)C1CCCN(S(=O)(=O)c2ccc(F)cc2)C1. The maximum atomic E-state index is 13.1. The molecule has 1 atom stereocenters. The number of hydrogen-bond acceptors (Lipinski definition) is 6. The number of halogens is 1. The minimum atomic E-state index is -3.76. The van der Waals surface area contributed by atoms with Gasteiger partial charge in [-0.1, -0.05) is 11.3 Å². The molecule has 1 unspecified atom stereocenters. The molecule has 0 spiro atoms. The van der Waals surface area contributed by atoms with Gasteiger partial charge in [0.2, 0.25) is 21.1 Å². The first kappa shape index (κ1) is 18.5. The van der Waals surface area contributed by atoms with Gasteiger partial charge >= 0.3 is 0 Å². The van der Waals surface area contributed by atoms with Gasteiger partial charge in [-0.3, -0.25) is 4.79 Å². The highest BCUT2D eigenvalue weighted by Gasteiger charge is 2.34. The summed E-state index contributed by atoms with van der Waals surface area (Å²) in [6.07, 6.45) is 3.42. The van der Waals surface area contributed by atoms with Gasteiger partial charge in [0, 0.05) is 19.0 Å². The first-order valence-electron chi connectivity index (χ1n) is 8.83. The lowest BCUT2D eigenvalue weighted by Gasteiger charge is -2.31. The number of benzene rings is 1. The summed E-state index contributed by atoms with van der Waals surface area (Å²) in [7, 11) is -3.76. The predicted octanol–water partition coefficient (Wildman–Crippen LogP) is 2.59. The normalized spacial score (nSPS) is 21.1. The minimum absolute atomic E-state index is 0.0307. The van der Waals surface area contributed by atoms with Crippen LogP contribution in [0.4, 0.5) is 9.52 Å². The summed E-state index contributed by atoms with van der Waals surface area (Å²) in [6, 6.07) is 4.73. The Morgan fingerprint density at radius 3 is 2.63 bits per heavy atom. The number of nitrogens with one attached hydrogen (secondary N) is 1. The lowest BCUT2D eigenvalue weighted by atomic mass is 9.99. The average molecular weight is 410 g/mol. The predicted molar refractivity (Wildman–Crippen MR) is 98.4 cm³/mol. The van der Waals surface area contributed by atoms with E-state index in [1.165, 1.54) is 27.8 Å². The molecule has 1 aliphatic carbocycles. The summed E-state index contributed by atoms with van der Waals surface area (Å²) in [5, 5.41) is 12.3. The molecule has 1 amide bonds. The highest BCUT2D eigenvalue weighted by Crippen LogP contribution is 2.42. The number of sulfonamides is 1. The molecule has 0 bridgehead atoms. The van der Waals surface area contributed by atoms with Gasteiger partial charge in [0.1, 0.15) is 10.8 Å². The van der Waals surface area contributed by atoms with E-state index in [-0.39, 0.29) is 17.3 Å². The van der Waals surface area contributed by atoms with Gasteiger partial charge in [0.05, 0.1) is 10.8 Å². The van der Waals surface area contributed by atoms with Gasteiger partial charge in [-0.2, -0.15) is 4.31 Å². The van der Waals surface area contributed by atoms with Crippen molar-refractivity contribution in [3.63, 3.8) is 0 Å². The monoisotopic (exact) mass is 410 g/mol. The Morgan fingerprint density at radius 1 is 1.19 bits per heavy atom. The fourth-order valence-electron chi connectivity index (χ4n) is 3.12. The lowest BCUT2D eigenvalue weighted by Crippen LogP contribution is -2.43. The van der Waals surface area contributed by atoms with Crippen LogP contribution in [0.5, 0.6) is 0 Å². The number of piperidine rings is 1. The molecule has 2 aliphatic rings. The first-order chi connectivity index (χ1) is 12.9. The fraction of sp³-hybridized carbons (Fsp3) is 0.471. The molecular formula is C17H19FN4O3S2. The Balaban J connectivity index is 1.43. The van der Waals surface area contributed by atoms with E-state index in [4.69, 9.17) is 0 Å². The van der Waals surface area contributed by atoms with Gasteiger partial charge in [-0.25, -0.2) is 12.8 Å². The Hall–Kier alpha value is -1.91. The van der Waals surface area contributed by atoms with Crippen LogP contribution in [0.2, 0.25) is 0 Å². The van der Waals surface area contributed by atoms with Crippen molar-refractivity contribution in [2.75, 3.05) is 18.4 Å². The summed E-state index contributed by atoms with van der Waals surface area (Å²) in [5.74, 6) is -0.721. The maximum absolute atomic E-state index is 13.1. The molecular weight excluding hydrogens is 391 g/mol. The van der Waals surface area contributed by atoms with Crippen molar-refractivity contribution in [1.29, 1.82) is 0 Å². The molecule has 1 N–H and O–H groups in total. The molecule has 2 fully saturated rings. The van der Waals surface area contributed by atoms with Crippen molar-refractivity contribution in [1.82, 2.24) is 14.5 Å². The van der Waals surface area contributed by atoms with Crippen molar-refractivity contribution in [3.8, 4) is 0 Å². The first-order valence-corrected chi connectivity index (χ1v) is 11.1. The Bertz CT molecular complexity index is 941. The second kappa shape index (κ2) is 7.25. The number of carbonyl (C=O) groups is 1. The number of hydrogen-bond donors (Lipinski definition) is 1. The third-order valence-electron chi connectivity index (χ3n) is 4.80. The molecule has 2 aromatic rings. The van der Waals surface area contributed by atoms with Crippen molar-refractivity contribution in [3.05, 3.63) is 35.1 Å². The summed E-state index contributed by atoms with van der Waals surface area (Å²) in [5.41, 5.74) is 0. The third kappa shape index (κ3) is 4.02. The van der Waals surface area contributed by atoms with Crippen LogP contribution in [0.3, 0.4) is 0 Å². The highest BCUT2D eigenvalue weighted by atomic mass is 32.2. The van der Waals surface area contributed by atoms with E-state index in [2.05, 4.69) is 15.5 Å². The van der Waals surface area contributed by atoms with E-state index in [0.717, 1.165) is 30.0 Å². The summed E-state index contributed by atoms with van der Waals surface area (Å²) < 4.78 is 39.9. The van der Waals surface area contributed by atoms with Gasteiger partial charge < -0.3 is 5.32 Å². The number of aromatic nitrogens is 2. The Morgan fingerprint density at radius 2 is 1.93 bits per heavy atom. The van der Waals surface area contributed by atoms with E-state index in [0.29, 0.717) is 30.4 Å². The molecule has 1 saturated carbocycles. The largest absolute Gasteiger partial charge is 0.300 e. The maximum Gasteiger partial charge on any atom is 0.243 e. The van der Waals surface area contributed by atoms with Crippen LogP contribution in [-0.2, 0) is 14.8 Å². The summed E-state index contributed by atoms with van der Waals surface area (Å²) in [4.78, 5) is 12.6. The van der Waals surface area contributed by atoms with E-state index >= 15 is 0 Å². The fourth-order valence-corrected chi connectivity index (χ4v) is 5.56. The van der Waals surface area contributed by atoms with Gasteiger partial charge in [0.25, 0.3) is 0 Å². The van der Waals surface area contributed by atoms with Crippen LogP contribution in [0.1, 0.15) is 36.6 Å². The molecule has 1 saturated heterocycles. The molecule has 1 aromatic heterocycles. The molecule has 2 heterocycles. The zero-order valence-corrected chi connectivity index (χ0v) is 16.1. The third-order valence-corrected chi connectivity index (χ3v) is 7.68. The van der Waals surface area contributed by atoms with Crippen LogP contribution < -0.4 is 5.32 Å². The quantitative estimate of drug-likeness (QED) is 0.818. The van der Waals surface area contributed by atoms with E-state index in [1.807, 2.05) is 0 Å². The number of anilines is 1. The summed E-state index contributed by atoms with van der Waals surface area (Å²) >= 11 is 1.38. The lowest BCUT2D eigenvalue weighted by molar-refractivity contribution is -0.120. The van der Waals surface area contributed by atoms with Crippen LogP contribution in [0.15, 0.2) is 29.2 Å². The number of carbonyl (C=O) groups excluding carboxylic acids is 1. The number of amides is 1. The molecule has 0 radical (unpaired) electrons. The van der Waals surface area contributed by atoms with Gasteiger partial charge in [0.15, 0.2) is 0 Å². The van der Waals surface area contributed by atoms with E-state index in [9.17, 15) is 17.6 Å². The topological polar surface area (TPSA) is 92.3 Å². The van der Waals surface area contributed by atoms with Gasteiger partial charge in [-0.15, -0.1) is 10.2 Å². The summed E-state index contributed by atoms with van der Waals surface area (Å²) in [6.45, 7) is 0.438. The van der Waals surface area contributed by atoms with Crippen LogP contribution in [0.25, 0.3) is 0 Å². The standard InChI is InChI=1S/C17H19FN4O3S2/c18-13-5-7-14(8-6-13)27(24,25)22-9-1-2-12(10-22)15(23)19-17-21-20-16(26-17)11-3-4-11/h5-8,11-12H,1-4,9-10H2,(H,19,21,23). The average Bonchev–Trinajstić information content (AvgIpc) is 3.42. The van der Waals surface area contributed by atoms with E-state index < -0.39 is 21.8 Å². The van der Waals surface area contributed by atoms with Crippen LogP contribution in [-0.4, -0.2) is 41.9 Å². The smallest absolute Gasteiger partial charge is 0.243 e. The number of nitrogens with zero attached hydrogens (tertiary/aromatic N) is 3. The van der Waals surface area contributed by atoms with Crippen molar-refractivity contribution >= 4 is 32.4 Å². The van der Waals surface area contributed by atoms with Crippen molar-refractivity contribution < 1.29 is 17.6 Å². The molecule has 1 aromatic carbocycles. The van der Waals surface area contributed by atoms with Crippen molar-refractivity contribution in [2.45, 2.75) is 36.5 Å². The molecule has 27 heavy (non-hydrogen) atoms. The Kier molecular flexibility index (Phi) is 4.95.